The molecule has 0 aliphatic carbocycles. The van der Waals surface area contributed by atoms with Crippen LogP contribution < -0.4 is 10.1 Å². The molecule has 0 aliphatic rings. The van der Waals surface area contributed by atoms with Crippen LogP contribution in [0.4, 0.5) is 0 Å². The van der Waals surface area contributed by atoms with Crippen molar-refractivity contribution in [1.82, 2.24) is 14.9 Å². The minimum absolute atomic E-state index is 0.185. The summed E-state index contributed by atoms with van der Waals surface area (Å²) in [5.41, 5.74) is 1.97. The molecule has 1 N–H and O–H groups in total. The fraction of sp³-hybridized carbons (Fsp3) is 0.200. The number of carbonyl (C=O) groups excluding carboxylic acids is 1. The molecule has 0 fully saturated rings. The fourth-order valence-corrected chi connectivity index (χ4v) is 2.93. The normalized spacial score (nSPS) is 10.7. The summed E-state index contributed by atoms with van der Waals surface area (Å²) >= 11 is 6.13. The molecule has 2 aromatic carbocycles. The molecule has 0 radical (unpaired) electrons. The van der Waals surface area contributed by atoms with Gasteiger partial charge >= 0.3 is 0 Å². The Hall–Kier alpha value is -2.79. The molecule has 0 atom stereocenters. The molecule has 1 aromatic heterocycles. The Bertz CT molecular complexity index is 920. The summed E-state index contributed by atoms with van der Waals surface area (Å²) in [6.45, 7) is 5.06. The second-order valence-corrected chi connectivity index (χ2v) is 6.10. The third-order valence-corrected chi connectivity index (χ3v) is 4.29. The number of halogens is 1. The van der Waals surface area contributed by atoms with Gasteiger partial charge in [0.05, 0.1) is 22.6 Å². The van der Waals surface area contributed by atoms with Crippen LogP contribution in [0.25, 0.3) is 11.0 Å². The summed E-state index contributed by atoms with van der Waals surface area (Å²) in [5.74, 6) is 1.38. The lowest BCUT2D eigenvalue weighted by atomic mass is 10.3. The van der Waals surface area contributed by atoms with Gasteiger partial charge < -0.3 is 14.6 Å². The third-order valence-electron chi connectivity index (χ3n) is 3.98. The molecule has 26 heavy (non-hydrogen) atoms. The van der Waals surface area contributed by atoms with Crippen molar-refractivity contribution in [2.75, 3.05) is 13.2 Å². The van der Waals surface area contributed by atoms with Gasteiger partial charge in [0, 0.05) is 13.0 Å². The number of hydrogen-bond acceptors (Lipinski definition) is 3. The van der Waals surface area contributed by atoms with Crippen molar-refractivity contribution in [3.05, 3.63) is 72.0 Å². The molecule has 0 unspecified atom stereocenters. The fourth-order valence-electron chi connectivity index (χ4n) is 2.74. The summed E-state index contributed by atoms with van der Waals surface area (Å²) in [4.78, 5) is 16.0. The first-order valence-electron chi connectivity index (χ1n) is 8.41. The van der Waals surface area contributed by atoms with Crippen molar-refractivity contribution < 1.29 is 9.53 Å². The van der Waals surface area contributed by atoms with Crippen LogP contribution >= 0.6 is 11.6 Å². The maximum Gasteiger partial charge on any atom is 0.243 e. The van der Waals surface area contributed by atoms with Gasteiger partial charge in [0.15, 0.2) is 0 Å². The van der Waals surface area contributed by atoms with Gasteiger partial charge in [0.2, 0.25) is 5.91 Å². The van der Waals surface area contributed by atoms with Crippen molar-refractivity contribution in [1.29, 1.82) is 0 Å². The third kappa shape index (κ3) is 4.24. The first-order valence-corrected chi connectivity index (χ1v) is 8.78. The first kappa shape index (κ1) is 18.0. The van der Waals surface area contributed by atoms with E-state index in [0.717, 1.165) is 16.9 Å². The van der Waals surface area contributed by atoms with E-state index in [-0.39, 0.29) is 5.91 Å². The minimum Gasteiger partial charge on any atom is -0.490 e. The van der Waals surface area contributed by atoms with Crippen LogP contribution in [0.5, 0.6) is 5.75 Å². The zero-order valence-electron chi connectivity index (χ0n) is 14.3. The molecule has 6 heteroatoms. The van der Waals surface area contributed by atoms with E-state index >= 15 is 0 Å². The average Bonchev–Trinajstić information content (AvgIpc) is 3.01. The maximum atomic E-state index is 11.3. The Morgan fingerprint density at radius 3 is 2.81 bits per heavy atom. The van der Waals surface area contributed by atoms with Crippen molar-refractivity contribution in [3.8, 4) is 5.75 Å². The molecule has 0 saturated carbocycles. The number of aromatic nitrogens is 2. The first-order chi connectivity index (χ1) is 12.7. The van der Waals surface area contributed by atoms with E-state index in [2.05, 4.69) is 21.4 Å². The van der Waals surface area contributed by atoms with Crippen LogP contribution in [0.1, 0.15) is 5.82 Å². The summed E-state index contributed by atoms with van der Waals surface area (Å²) < 4.78 is 7.93. The second-order valence-electron chi connectivity index (χ2n) is 5.69. The molecule has 0 bridgehead atoms. The van der Waals surface area contributed by atoms with Gasteiger partial charge in [-0.1, -0.05) is 42.4 Å². The lowest BCUT2D eigenvalue weighted by Gasteiger charge is -2.12. The molecule has 1 amide bonds. The van der Waals surface area contributed by atoms with Crippen LogP contribution in [0.3, 0.4) is 0 Å². The van der Waals surface area contributed by atoms with E-state index < -0.39 is 0 Å². The second kappa shape index (κ2) is 8.54. The van der Waals surface area contributed by atoms with E-state index in [1.165, 1.54) is 6.08 Å². The highest BCUT2D eigenvalue weighted by atomic mass is 35.5. The lowest BCUT2D eigenvalue weighted by Crippen LogP contribution is -2.24. The SMILES string of the molecule is C=CC(=O)NCCc1nc2ccccc2n1CCOc1ccccc1Cl. The van der Waals surface area contributed by atoms with E-state index in [9.17, 15) is 4.79 Å². The van der Waals surface area contributed by atoms with Crippen molar-refractivity contribution in [2.24, 2.45) is 0 Å². The number of carbonyl (C=O) groups is 1. The largest absolute Gasteiger partial charge is 0.490 e. The van der Waals surface area contributed by atoms with Gasteiger partial charge in [-0.3, -0.25) is 4.79 Å². The van der Waals surface area contributed by atoms with Crippen molar-refractivity contribution in [3.63, 3.8) is 0 Å². The van der Waals surface area contributed by atoms with E-state index in [0.29, 0.717) is 36.9 Å². The predicted octanol–water partition coefficient (Wildman–Crippen LogP) is 3.61. The Balaban J connectivity index is 1.72. The van der Waals surface area contributed by atoms with Crippen LogP contribution in [0.2, 0.25) is 5.02 Å². The molecule has 0 saturated heterocycles. The number of rotatable bonds is 8. The van der Waals surface area contributed by atoms with Crippen LogP contribution in [0.15, 0.2) is 61.2 Å². The monoisotopic (exact) mass is 369 g/mol. The number of amides is 1. The Kier molecular flexibility index (Phi) is 5.92. The molecule has 0 spiro atoms. The Morgan fingerprint density at radius 1 is 1.23 bits per heavy atom. The molecule has 3 aromatic rings. The molecule has 5 nitrogen and oxygen atoms in total. The number of nitrogens with one attached hydrogen (secondary N) is 1. The van der Waals surface area contributed by atoms with Gasteiger partial charge in [0.25, 0.3) is 0 Å². The van der Waals surface area contributed by atoms with Gasteiger partial charge in [-0.25, -0.2) is 4.98 Å². The van der Waals surface area contributed by atoms with Crippen LogP contribution in [0, 0.1) is 0 Å². The highest BCUT2D eigenvalue weighted by Gasteiger charge is 2.11. The van der Waals surface area contributed by atoms with Gasteiger partial charge in [-0.2, -0.15) is 0 Å². The standard InChI is InChI=1S/C20H20ClN3O2/c1-2-20(25)22-12-11-19-23-16-8-4-5-9-17(16)24(19)13-14-26-18-10-6-3-7-15(18)21/h2-10H,1,11-14H2,(H,22,25). The minimum atomic E-state index is -0.185. The summed E-state index contributed by atoms with van der Waals surface area (Å²) in [5, 5.41) is 3.38. The lowest BCUT2D eigenvalue weighted by molar-refractivity contribution is -0.116. The van der Waals surface area contributed by atoms with E-state index in [4.69, 9.17) is 16.3 Å². The zero-order chi connectivity index (χ0) is 18.4. The number of nitrogens with zero attached hydrogens (tertiary/aromatic N) is 2. The summed E-state index contributed by atoms with van der Waals surface area (Å²) in [6, 6.07) is 15.4. The van der Waals surface area contributed by atoms with E-state index in [1.807, 2.05) is 42.5 Å². The summed E-state index contributed by atoms with van der Waals surface area (Å²) in [7, 11) is 0. The number of hydrogen-bond donors (Lipinski definition) is 1. The average molecular weight is 370 g/mol. The molecule has 0 aliphatic heterocycles. The van der Waals surface area contributed by atoms with Crippen LogP contribution in [-0.4, -0.2) is 28.6 Å². The topological polar surface area (TPSA) is 56.2 Å². The molecular formula is C20H20ClN3O2. The van der Waals surface area contributed by atoms with Crippen molar-refractivity contribution >= 4 is 28.5 Å². The van der Waals surface area contributed by atoms with E-state index in [1.54, 1.807) is 6.07 Å². The van der Waals surface area contributed by atoms with Crippen molar-refractivity contribution in [2.45, 2.75) is 13.0 Å². The van der Waals surface area contributed by atoms with Gasteiger partial charge in [-0.05, 0) is 30.3 Å². The quantitative estimate of drug-likeness (QED) is 0.617. The highest BCUT2D eigenvalue weighted by molar-refractivity contribution is 6.32. The van der Waals surface area contributed by atoms with Gasteiger partial charge in [-0.15, -0.1) is 0 Å². The number of ether oxygens (including phenoxy) is 1. The molecular weight excluding hydrogens is 350 g/mol. The maximum absolute atomic E-state index is 11.3. The zero-order valence-corrected chi connectivity index (χ0v) is 15.1. The number of fused-ring (bicyclic) bond motifs is 1. The molecule has 134 valence electrons. The Labute approximate surface area is 157 Å². The summed E-state index contributed by atoms with van der Waals surface area (Å²) in [6.07, 6.45) is 1.89. The Morgan fingerprint density at radius 2 is 2.00 bits per heavy atom. The highest BCUT2D eigenvalue weighted by Crippen LogP contribution is 2.23. The number of imidazole rings is 1. The number of para-hydroxylation sites is 3. The smallest absolute Gasteiger partial charge is 0.243 e. The number of benzene rings is 2. The molecule has 1 heterocycles. The van der Waals surface area contributed by atoms with Gasteiger partial charge in [0.1, 0.15) is 18.2 Å². The molecule has 3 rings (SSSR count). The predicted molar refractivity (Wildman–Crippen MR) is 104 cm³/mol. The van der Waals surface area contributed by atoms with Crippen LogP contribution in [-0.2, 0) is 17.8 Å².